The maximum Gasteiger partial charge on any atom is 0.196 e. The molecule has 0 aliphatic heterocycles. The van der Waals surface area contributed by atoms with Gasteiger partial charge in [0.1, 0.15) is 5.82 Å². The van der Waals surface area contributed by atoms with Crippen molar-refractivity contribution in [3.05, 3.63) is 65.7 Å². The van der Waals surface area contributed by atoms with E-state index in [9.17, 15) is 0 Å². The number of hydrogen-bond donors (Lipinski definition) is 3. The van der Waals surface area contributed by atoms with Gasteiger partial charge in [-0.1, -0.05) is 24.3 Å². The number of anilines is 2. The maximum absolute atomic E-state index is 4.84. The minimum atomic E-state index is 0.218. The van der Waals surface area contributed by atoms with Crippen LogP contribution in [0.1, 0.15) is 51.3 Å². The van der Waals surface area contributed by atoms with Gasteiger partial charge >= 0.3 is 0 Å². The van der Waals surface area contributed by atoms with Crippen molar-refractivity contribution in [2.24, 2.45) is 4.99 Å². The first-order chi connectivity index (χ1) is 14.5. The normalized spacial score (nSPS) is 16.2. The van der Waals surface area contributed by atoms with E-state index in [4.69, 9.17) is 4.98 Å². The number of nitrogens with zero attached hydrogens (tertiary/aromatic N) is 2. The molecule has 0 saturated carbocycles. The number of aliphatic imine (C=N–C) groups is 1. The minimum absolute atomic E-state index is 0.218. The van der Waals surface area contributed by atoms with E-state index in [-0.39, 0.29) is 6.04 Å². The van der Waals surface area contributed by atoms with Gasteiger partial charge in [-0.2, -0.15) is 0 Å². The summed E-state index contributed by atoms with van der Waals surface area (Å²) in [5, 5.41) is 11.5. The second-order valence-corrected chi connectivity index (χ2v) is 8.53. The van der Waals surface area contributed by atoms with Crippen molar-refractivity contribution in [1.29, 1.82) is 0 Å². The van der Waals surface area contributed by atoms with E-state index >= 15 is 0 Å². The number of aromatic nitrogens is 1. The average molecular weight is 402 g/mol. The molecule has 0 unspecified atom stereocenters. The summed E-state index contributed by atoms with van der Waals surface area (Å²) < 4.78 is 0. The molecule has 0 amide bonds. The maximum atomic E-state index is 4.84. The largest absolute Gasteiger partial charge is 0.363 e. The lowest BCUT2D eigenvalue weighted by Crippen LogP contribution is -2.36. The van der Waals surface area contributed by atoms with Gasteiger partial charge in [0.15, 0.2) is 5.96 Å². The van der Waals surface area contributed by atoms with Crippen LogP contribution in [0.15, 0.2) is 59.6 Å². The fourth-order valence-corrected chi connectivity index (χ4v) is 3.94. The molecule has 0 saturated heterocycles. The van der Waals surface area contributed by atoms with Crippen LogP contribution < -0.4 is 16.0 Å². The van der Waals surface area contributed by atoms with Gasteiger partial charge in [0, 0.05) is 23.2 Å². The van der Waals surface area contributed by atoms with Crippen LogP contribution in [-0.4, -0.2) is 23.0 Å². The highest BCUT2D eigenvalue weighted by Gasteiger charge is 2.21. The van der Waals surface area contributed by atoms with Gasteiger partial charge in [-0.15, -0.1) is 0 Å². The van der Waals surface area contributed by atoms with E-state index < -0.39 is 0 Å². The van der Waals surface area contributed by atoms with Crippen molar-refractivity contribution in [3.8, 4) is 0 Å². The molecule has 1 aliphatic carbocycles. The quantitative estimate of drug-likeness (QED) is 0.390. The van der Waals surface area contributed by atoms with Gasteiger partial charge in [-0.25, -0.2) is 4.98 Å². The molecule has 3 aromatic rings. The number of fused-ring (bicyclic) bond motifs is 2. The summed E-state index contributed by atoms with van der Waals surface area (Å²) in [4.78, 5) is 9.50. The van der Waals surface area contributed by atoms with Crippen LogP contribution in [0.4, 0.5) is 11.5 Å². The monoisotopic (exact) mass is 401 g/mol. The third-order valence-corrected chi connectivity index (χ3v) is 5.22. The molecular weight excluding hydrogens is 370 g/mol. The number of guanidine groups is 1. The topological polar surface area (TPSA) is 61.3 Å². The predicted octanol–water partition coefficient (Wildman–Crippen LogP) is 5.51. The molecule has 30 heavy (non-hydrogen) atoms. The molecule has 1 atom stereocenters. The zero-order valence-corrected chi connectivity index (χ0v) is 18.2. The molecule has 0 bridgehead atoms. The summed E-state index contributed by atoms with van der Waals surface area (Å²) >= 11 is 0. The summed E-state index contributed by atoms with van der Waals surface area (Å²) in [7, 11) is 0. The van der Waals surface area contributed by atoms with Crippen LogP contribution in [0.5, 0.6) is 0 Å². The number of nitrogens with one attached hydrogen (secondary N) is 3. The molecule has 1 aliphatic rings. The second kappa shape index (κ2) is 8.74. The highest BCUT2D eigenvalue weighted by Crippen LogP contribution is 2.33. The van der Waals surface area contributed by atoms with Crippen LogP contribution in [0, 0.1) is 0 Å². The third kappa shape index (κ3) is 4.73. The Kier molecular flexibility index (Phi) is 5.88. The average Bonchev–Trinajstić information content (AvgIpc) is 3.10. The molecular formula is C25H31N5. The van der Waals surface area contributed by atoms with E-state index in [1.54, 1.807) is 0 Å². The highest BCUT2D eigenvalue weighted by molar-refractivity contribution is 5.96. The Morgan fingerprint density at radius 2 is 1.87 bits per heavy atom. The van der Waals surface area contributed by atoms with Crippen molar-refractivity contribution < 1.29 is 0 Å². The summed E-state index contributed by atoms with van der Waals surface area (Å²) in [6.45, 7) is 8.37. The van der Waals surface area contributed by atoms with Crippen molar-refractivity contribution in [3.63, 3.8) is 0 Å². The number of benzene rings is 2. The lowest BCUT2D eigenvalue weighted by molar-refractivity contribution is 0.717. The Morgan fingerprint density at radius 3 is 2.67 bits per heavy atom. The summed E-state index contributed by atoms with van der Waals surface area (Å²) in [6, 6.07) is 20.0. The van der Waals surface area contributed by atoms with Crippen molar-refractivity contribution in [2.75, 3.05) is 10.6 Å². The molecule has 2 aromatic carbocycles. The molecule has 1 heterocycles. The Bertz CT molecular complexity index is 1050. The first-order valence-electron chi connectivity index (χ1n) is 10.8. The zero-order valence-electron chi connectivity index (χ0n) is 18.2. The summed E-state index contributed by atoms with van der Waals surface area (Å²) in [6.07, 6.45) is 2.24. The molecule has 3 N–H and O–H groups in total. The van der Waals surface area contributed by atoms with Gasteiger partial charge in [0.2, 0.25) is 0 Å². The Hall–Kier alpha value is -3.08. The number of rotatable bonds is 5. The lowest BCUT2D eigenvalue weighted by atomic mass is 10.1. The first-order valence-corrected chi connectivity index (χ1v) is 10.8. The van der Waals surface area contributed by atoms with E-state index in [0.29, 0.717) is 12.1 Å². The van der Waals surface area contributed by atoms with Gasteiger partial charge in [-0.3, -0.25) is 4.99 Å². The van der Waals surface area contributed by atoms with Crippen molar-refractivity contribution in [1.82, 2.24) is 10.3 Å². The SMILES string of the molecule is CC(C)N=C(Nc1ccc2nc(N[C@@H]3CCc4ccccc43)ccc2c1)NC(C)C. The van der Waals surface area contributed by atoms with Gasteiger partial charge in [-0.05, 0) is 82.0 Å². The fourth-order valence-electron chi connectivity index (χ4n) is 3.94. The summed E-state index contributed by atoms with van der Waals surface area (Å²) in [5.41, 5.74) is 4.83. The van der Waals surface area contributed by atoms with Crippen LogP contribution in [0.25, 0.3) is 10.9 Å². The Morgan fingerprint density at radius 1 is 1.03 bits per heavy atom. The van der Waals surface area contributed by atoms with Crippen LogP contribution in [0.2, 0.25) is 0 Å². The molecule has 156 valence electrons. The van der Waals surface area contributed by atoms with E-state index in [0.717, 1.165) is 41.2 Å². The van der Waals surface area contributed by atoms with Crippen LogP contribution in [-0.2, 0) is 6.42 Å². The van der Waals surface area contributed by atoms with E-state index in [2.05, 4.69) is 103 Å². The van der Waals surface area contributed by atoms with Gasteiger partial charge in [0.25, 0.3) is 0 Å². The number of aryl methyl sites for hydroxylation is 1. The standard InChI is InChI=1S/C25H31N5/c1-16(2)26-25(27-17(3)4)28-20-11-13-22-19(15-20)10-14-24(29-22)30-23-12-9-18-7-5-6-8-21(18)23/h5-8,10-11,13-17,23H,9,12H2,1-4H3,(H,29,30)(H2,26,27,28)/t23-/m1/s1. The van der Waals surface area contributed by atoms with E-state index in [1.807, 2.05) is 0 Å². The fraction of sp³-hybridized carbons (Fsp3) is 0.360. The van der Waals surface area contributed by atoms with E-state index in [1.165, 1.54) is 11.1 Å². The smallest absolute Gasteiger partial charge is 0.196 e. The number of pyridine rings is 1. The van der Waals surface area contributed by atoms with Crippen molar-refractivity contribution >= 4 is 28.4 Å². The van der Waals surface area contributed by atoms with Gasteiger partial charge < -0.3 is 16.0 Å². The van der Waals surface area contributed by atoms with Crippen LogP contribution >= 0.6 is 0 Å². The number of hydrogen-bond acceptors (Lipinski definition) is 3. The molecule has 5 heteroatoms. The second-order valence-electron chi connectivity index (χ2n) is 8.53. The van der Waals surface area contributed by atoms with Crippen molar-refractivity contribution in [2.45, 2.75) is 58.7 Å². The summed E-state index contributed by atoms with van der Waals surface area (Å²) in [5.74, 6) is 1.72. The first kappa shape index (κ1) is 20.2. The molecule has 0 spiro atoms. The third-order valence-electron chi connectivity index (χ3n) is 5.22. The molecule has 1 aromatic heterocycles. The van der Waals surface area contributed by atoms with Gasteiger partial charge in [0.05, 0.1) is 11.6 Å². The highest BCUT2D eigenvalue weighted by atomic mass is 15.2. The molecule has 0 radical (unpaired) electrons. The lowest BCUT2D eigenvalue weighted by Gasteiger charge is -2.17. The minimum Gasteiger partial charge on any atom is -0.363 e. The van der Waals surface area contributed by atoms with Crippen LogP contribution in [0.3, 0.4) is 0 Å². The molecule has 4 rings (SSSR count). The molecule has 0 fully saturated rings. The Labute approximate surface area is 179 Å². The predicted molar refractivity (Wildman–Crippen MR) is 127 cm³/mol. The molecule has 5 nitrogen and oxygen atoms in total. The Balaban J connectivity index is 1.51. The zero-order chi connectivity index (χ0) is 21.1.